The fraction of sp³-hybridized carbons (Fsp3) is 0.0143. The molecule has 0 saturated heterocycles. The Balaban J connectivity index is 0.816. The Kier molecular flexibility index (Phi) is 9.09. The molecule has 75 heavy (non-hydrogen) atoms. The van der Waals surface area contributed by atoms with Crippen molar-refractivity contribution in [2.45, 2.75) is 5.41 Å². The van der Waals surface area contributed by atoms with Crippen LogP contribution in [0.4, 0.5) is 0 Å². The summed E-state index contributed by atoms with van der Waals surface area (Å²) in [7, 11) is 0. The summed E-state index contributed by atoms with van der Waals surface area (Å²) >= 11 is 1.79. The molecule has 348 valence electrons. The van der Waals surface area contributed by atoms with Crippen LogP contribution in [0.5, 0.6) is 0 Å². The van der Waals surface area contributed by atoms with Crippen molar-refractivity contribution in [2.75, 3.05) is 0 Å². The van der Waals surface area contributed by atoms with E-state index < -0.39 is 0 Å². The van der Waals surface area contributed by atoms with Crippen LogP contribution in [0.25, 0.3) is 132 Å². The SMILES string of the molecule is c1ccc(-c2ccccc2-c2nc(-c3cccc4oc5ccc(-c6ccc(-c7ccc8c(c7)-c7ccccc7C87c8ccccc8-c8ccccc87)cc6)cc5c34)nc(-c3cccc4sc5ccccc5c34)n2)cc1. The maximum atomic E-state index is 6.65. The molecule has 0 saturated carbocycles. The van der Waals surface area contributed by atoms with Crippen LogP contribution in [0.2, 0.25) is 0 Å². The van der Waals surface area contributed by atoms with Crippen LogP contribution < -0.4 is 0 Å². The summed E-state index contributed by atoms with van der Waals surface area (Å²) in [4.78, 5) is 16.1. The highest BCUT2D eigenvalue weighted by molar-refractivity contribution is 7.25. The number of fused-ring (bicyclic) bond motifs is 16. The third-order valence-corrected chi connectivity index (χ3v) is 17.0. The van der Waals surface area contributed by atoms with Crippen molar-refractivity contribution in [3.63, 3.8) is 0 Å². The fourth-order valence-corrected chi connectivity index (χ4v) is 13.7. The third kappa shape index (κ3) is 6.19. The largest absolute Gasteiger partial charge is 0.456 e. The summed E-state index contributed by atoms with van der Waals surface area (Å²) < 4.78 is 9.07. The van der Waals surface area contributed by atoms with Crippen molar-refractivity contribution in [1.82, 2.24) is 15.0 Å². The second-order valence-electron chi connectivity index (χ2n) is 19.7. The van der Waals surface area contributed by atoms with E-state index in [9.17, 15) is 0 Å². The molecule has 11 aromatic carbocycles. The normalized spacial score (nSPS) is 12.9. The first-order valence-corrected chi connectivity index (χ1v) is 26.3. The first-order chi connectivity index (χ1) is 37.2. The van der Waals surface area contributed by atoms with Gasteiger partial charge in [0.2, 0.25) is 0 Å². The number of rotatable bonds is 6. The van der Waals surface area contributed by atoms with Crippen LogP contribution in [0.1, 0.15) is 22.3 Å². The molecule has 3 aromatic heterocycles. The number of thiophene rings is 1. The van der Waals surface area contributed by atoms with Gasteiger partial charge in [0.25, 0.3) is 0 Å². The maximum Gasteiger partial charge on any atom is 0.164 e. The van der Waals surface area contributed by atoms with E-state index in [4.69, 9.17) is 19.4 Å². The van der Waals surface area contributed by atoms with Crippen molar-refractivity contribution in [3.05, 3.63) is 271 Å². The predicted octanol–water partition coefficient (Wildman–Crippen LogP) is 18.5. The molecule has 14 aromatic rings. The van der Waals surface area contributed by atoms with Crippen molar-refractivity contribution in [3.8, 4) is 89.8 Å². The molecule has 0 radical (unpaired) electrons. The summed E-state index contributed by atoms with van der Waals surface area (Å²) in [5, 5.41) is 4.31. The van der Waals surface area contributed by atoms with E-state index in [1.807, 2.05) is 18.2 Å². The first-order valence-electron chi connectivity index (χ1n) is 25.5. The van der Waals surface area contributed by atoms with Gasteiger partial charge >= 0.3 is 0 Å². The molecule has 0 bridgehead atoms. The smallest absolute Gasteiger partial charge is 0.164 e. The molecule has 2 aliphatic rings. The van der Waals surface area contributed by atoms with Crippen LogP contribution in [-0.2, 0) is 5.41 Å². The van der Waals surface area contributed by atoms with E-state index >= 15 is 0 Å². The van der Waals surface area contributed by atoms with Crippen molar-refractivity contribution < 1.29 is 4.42 Å². The highest BCUT2D eigenvalue weighted by atomic mass is 32.1. The average molecular weight is 972 g/mol. The summed E-state index contributed by atoms with van der Waals surface area (Å²) in [5.74, 6) is 1.82. The first kappa shape index (κ1) is 42.0. The zero-order chi connectivity index (χ0) is 49.2. The predicted molar refractivity (Wildman–Crippen MR) is 309 cm³/mol. The molecule has 0 N–H and O–H groups in total. The second kappa shape index (κ2) is 16.2. The molecule has 5 heteroatoms. The van der Waals surface area contributed by atoms with Gasteiger partial charge in [0.15, 0.2) is 17.5 Å². The Morgan fingerprint density at radius 3 is 1.45 bits per heavy atom. The standard InChI is InChI=1S/C70H41N3OS/c1-2-16-44(17-3-1)47-18-4-5-22-51(47)67-71-68(73-69(72-67)54-25-15-31-64-66(54)52-23-9-13-30-63(52)75-64)53-24-14-29-62-65(53)56-41-46(37-39-61(56)74-62)43-34-32-42(33-35-43)45-36-38-60-55(40-45)50-21-8-12-28-59(50)70(60)57-26-10-6-19-48(57)49-20-7-11-27-58(49)70/h1-41H. The van der Waals surface area contributed by atoms with Crippen molar-refractivity contribution in [1.29, 1.82) is 0 Å². The summed E-state index contributed by atoms with van der Waals surface area (Å²) in [6, 6.07) is 89.7. The molecule has 0 atom stereocenters. The van der Waals surface area contributed by atoms with Gasteiger partial charge in [-0.25, -0.2) is 15.0 Å². The van der Waals surface area contributed by atoms with Crippen molar-refractivity contribution >= 4 is 53.4 Å². The van der Waals surface area contributed by atoms with E-state index in [-0.39, 0.29) is 5.41 Å². The van der Waals surface area contributed by atoms with Crippen LogP contribution in [0.15, 0.2) is 253 Å². The van der Waals surface area contributed by atoms with Crippen LogP contribution in [0.3, 0.4) is 0 Å². The topological polar surface area (TPSA) is 51.8 Å². The zero-order valence-corrected chi connectivity index (χ0v) is 41.1. The molecule has 16 rings (SSSR count). The minimum atomic E-state index is -0.354. The molecule has 3 heterocycles. The van der Waals surface area contributed by atoms with E-state index in [2.05, 4.69) is 231 Å². The summed E-state index contributed by atoms with van der Waals surface area (Å²) in [6.45, 7) is 0. The van der Waals surface area contributed by atoms with E-state index in [1.54, 1.807) is 11.3 Å². The molecular formula is C70H41N3OS. The number of furan rings is 1. The monoisotopic (exact) mass is 971 g/mol. The number of hydrogen-bond donors (Lipinski definition) is 0. The maximum absolute atomic E-state index is 6.65. The summed E-state index contributed by atoms with van der Waals surface area (Å²) in [5.41, 5.74) is 21.4. The fourth-order valence-electron chi connectivity index (χ4n) is 12.6. The van der Waals surface area contributed by atoms with Gasteiger partial charge < -0.3 is 4.42 Å². The quantitative estimate of drug-likeness (QED) is 0.167. The lowest BCUT2D eigenvalue weighted by Crippen LogP contribution is -2.25. The Bertz CT molecular complexity index is 4620. The molecule has 0 aliphatic heterocycles. The van der Waals surface area contributed by atoms with E-state index in [0.29, 0.717) is 17.5 Å². The Hall–Kier alpha value is -9.55. The van der Waals surface area contributed by atoms with Crippen molar-refractivity contribution in [2.24, 2.45) is 0 Å². The zero-order valence-electron chi connectivity index (χ0n) is 40.3. The van der Waals surface area contributed by atoms with Crippen LogP contribution >= 0.6 is 11.3 Å². The van der Waals surface area contributed by atoms with Gasteiger partial charge in [0.05, 0.1) is 5.41 Å². The van der Waals surface area contributed by atoms with Crippen LogP contribution in [-0.4, -0.2) is 15.0 Å². The van der Waals surface area contributed by atoms with E-state index in [0.717, 1.165) is 66.3 Å². The number of aromatic nitrogens is 3. The molecule has 1 spiro atoms. The number of benzene rings is 11. The molecular weight excluding hydrogens is 931 g/mol. The Labute approximate surface area is 436 Å². The lowest BCUT2D eigenvalue weighted by Gasteiger charge is -2.30. The van der Waals surface area contributed by atoms with Gasteiger partial charge in [-0.1, -0.05) is 212 Å². The average Bonchev–Trinajstić information content (AvgIpc) is 4.39. The third-order valence-electron chi connectivity index (χ3n) is 15.8. The Morgan fingerprint density at radius 1 is 0.280 bits per heavy atom. The highest BCUT2D eigenvalue weighted by Gasteiger charge is 2.51. The molecule has 0 amide bonds. The van der Waals surface area contributed by atoms with Gasteiger partial charge in [0.1, 0.15) is 11.2 Å². The van der Waals surface area contributed by atoms with Gasteiger partial charge in [-0.15, -0.1) is 11.3 Å². The molecule has 2 aliphatic carbocycles. The van der Waals surface area contributed by atoms with Gasteiger partial charge in [-0.2, -0.15) is 0 Å². The summed E-state index contributed by atoms with van der Waals surface area (Å²) in [6.07, 6.45) is 0. The second-order valence-corrected chi connectivity index (χ2v) is 20.8. The lowest BCUT2D eigenvalue weighted by molar-refractivity contribution is 0.669. The minimum Gasteiger partial charge on any atom is -0.456 e. The number of nitrogens with zero attached hydrogens (tertiary/aromatic N) is 3. The highest BCUT2D eigenvalue weighted by Crippen LogP contribution is 2.63. The minimum absolute atomic E-state index is 0.354. The molecule has 0 fully saturated rings. The van der Waals surface area contributed by atoms with Crippen LogP contribution in [0, 0.1) is 0 Å². The number of hydrogen-bond acceptors (Lipinski definition) is 5. The molecule has 4 nitrogen and oxygen atoms in total. The molecule has 0 unspecified atom stereocenters. The van der Waals surface area contributed by atoms with Gasteiger partial charge in [0, 0.05) is 47.6 Å². The lowest BCUT2D eigenvalue weighted by atomic mass is 9.70. The van der Waals surface area contributed by atoms with E-state index in [1.165, 1.54) is 70.4 Å². The Morgan fingerprint density at radius 2 is 0.760 bits per heavy atom. The van der Waals surface area contributed by atoms with Gasteiger partial charge in [-0.3, -0.25) is 0 Å². The van der Waals surface area contributed by atoms with Gasteiger partial charge in [-0.05, 0) is 114 Å².